The molecule has 0 saturated carbocycles. The Morgan fingerprint density at radius 1 is 0.892 bits per heavy atom. The zero-order valence-electron chi connectivity index (χ0n) is 21.2. The Hall–Kier alpha value is -3.07. The first-order valence-corrected chi connectivity index (χ1v) is 14.0. The summed E-state index contributed by atoms with van der Waals surface area (Å²) in [6.45, 7) is 7.74. The Balaban J connectivity index is 1.77. The van der Waals surface area contributed by atoms with Crippen LogP contribution in [-0.2, 0) is 20.2 Å². The van der Waals surface area contributed by atoms with Gasteiger partial charge in [0.1, 0.15) is 6.04 Å². The summed E-state index contributed by atoms with van der Waals surface area (Å²) in [4.78, 5) is 25.8. The van der Waals surface area contributed by atoms with Gasteiger partial charge in [0.15, 0.2) is 0 Å². The number of rotatable bonds is 7. The lowest BCUT2D eigenvalue weighted by Crippen LogP contribution is -2.45. The van der Waals surface area contributed by atoms with Gasteiger partial charge in [0.25, 0.3) is 5.91 Å². The second kappa shape index (κ2) is 11.1. The molecule has 0 spiro atoms. The first-order valence-electron chi connectivity index (χ1n) is 11.4. The lowest BCUT2D eigenvalue weighted by atomic mass is 9.87. The summed E-state index contributed by atoms with van der Waals surface area (Å²) in [6, 6.07) is 17.2. The van der Waals surface area contributed by atoms with Crippen LogP contribution in [0.4, 0.5) is 17.1 Å². The van der Waals surface area contributed by atoms with Crippen molar-refractivity contribution in [3.63, 3.8) is 0 Å². The molecule has 0 radical (unpaired) electrons. The van der Waals surface area contributed by atoms with E-state index in [2.05, 4.69) is 31.4 Å². The van der Waals surface area contributed by atoms with Gasteiger partial charge in [-0.25, -0.2) is 8.42 Å². The van der Waals surface area contributed by atoms with Crippen LogP contribution in [0.1, 0.15) is 43.6 Å². The summed E-state index contributed by atoms with van der Waals surface area (Å²) in [5.41, 5.74) is 2.53. The minimum absolute atomic E-state index is 0.0243. The fourth-order valence-corrected chi connectivity index (χ4v) is 5.29. The van der Waals surface area contributed by atoms with Gasteiger partial charge in [-0.15, -0.1) is 0 Å². The smallest absolute Gasteiger partial charge is 0.255 e. The fourth-order valence-electron chi connectivity index (χ4n) is 3.68. The third kappa shape index (κ3) is 7.25. The Bertz CT molecular complexity index is 1420. The van der Waals surface area contributed by atoms with Crippen LogP contribution in [0, 0.1) is 0 Å². The number of hydrogen-bond donors (Lipinski definition) is 2. The van der Waals surface area contributed by atoms with Crippen LogP contribution >= 0.6 is 23.2 Å². The zero-order chi connectivity index (χ0) is 27.5. The average molecular weight is 563 g/mol. The largest absolute Gasteiger partial charge is 0.324 e. The quantitative estimate of drug-likeness (QED) is 0.352. The second-order valence-corrected chi connectivity index (χ2v) is 12.4. The Morgan fingerprint density at radius 2 is 1.49 bits per heavy atom. The van der Waals surface area contributed by atoms with Crippen LogP contribution in [0.2, 0.25) is 10.0 Å². The molecule has 0 saturated heterocycles. The highest BCUT2D eigenvalue weighted by Crippen LogP contribution is 2.32. The number of benzene rings is 3. The van der Waals surface area contributed by atoms with Gasteiger partial charge in [0, 0.05) is 22.0 Å². The van der Waals surface area contributed by atoms with E-state index < -0.39 is 22.0 Å². The number of nitrogens with one attached hydrogen (secondary N) is 2. The maximum atomic E-state index is 13.1. The predicted molar refractivity (Wildman–Crippen MR) is 151 cm³/mol. The number of sulfonamides is 1. The molecule has 1 atom stereocenters. The maximum Gasteiger partial charge on any atom is 0.255 e. The third-order valence-electron chi connectivity index (χ3n) is 5.64. The van der Waals surface area contributed by atoms with Crippen LogP contribution in [0.25, 0.3) is 0 Å². The number of nitrogens with zero attached hydrogens (tertiary/aromatic N) is 1. The molecule has 0 aliphatic heterocycles. The van der Waals surface area contributed by atoms with Gasteiger partial charge in [-0.2, -0.15) is 0 Å². The van der Waals surface area contributed by atoms with E-state index >= 15 is 0 Å². The highest BCUT2D eigenvalue weighted by Gasteiger charge is 2.31. The lowest BCUT2D eigenvalue weighted by Gasteiger charge is -2.29. The standard InChI is InChI=1S/C27H29Cl2N3O4S/c1-17(32(37(5,35)36)24-15-20(28)13-14-23(24)29)25(33)30-21-7-6-8-22(16-21)31-26(34)18-9-11-19(12-10-18)27(2,3)4/h6-17H,1-5H3,(H,30,33)(H,31,34). The summed E-state index contributed by atoms with van der Waals surface area (Å²) in [5.74, 6) is -0.890. The van der Waals surface area contributed by atoms with Gasteiger partial charge in [-0.1, -0.05) is 62.2 Å². The molecule has 196 valence electrons. The summed E-state index contributed by atoms with van der Waals surface area (Å²) in [5, 5.41) is 5.93. The van der Waals surface area contributed by atoms with E-state index in [9.17, 15) is 18.0 Å². The SMILES string of the molecule is CC(C(=O)Nc1cccc(NC(=O)c2ccc(C(C)(C)C)cc2)c1)N(c1cc(Cl)ccc1Cl)S(C)(=O)=O. The molecule has 0 aliphatic carbocycles. The molecule has 1 unspecified atom stereocenters. The normalized spacial score (nSPS) is 12.5. The minimum atomic E-state index is -3.89. The van der Waals surface area contributed by atoms with E-state index in [-0.39, 0.29) is 27.1 Å². The molecule has 37 heavy (non-hydrogen) atoms. The van der Waals surface area contributed by atoms with E-state index in [1.807, 2.05) is 12.1 Å². The zero-order valence-corrected chi connectivity index (χ0v) is 23.5. The Morgan fingerprint density at radius 3 is 2.05 bits per heavy atom. The molecule has 0 bridgehead atoms. The number of carbonyl (C=O) groups is 2. The third-order valence-corrected chi connectivity index (χ3v) is 7.42. The van der Waals surface area contributed by atoms with Gasteiger partial charge in [0.2, 0.25) is 15.9 Å². The maximum absolute atomic E-state index is 13.1. The van der Waals surface area contributed by atoms with E-state index in [1.165, 1.54) is 25.1 Å². The Kier molecular flexibility index (Phi) is 8.57. The van der Waals surface area contributed by atoms with E-state index in [1.54, 1.807) is 36.4 Å². The highest BCUT2D eigenvalue weighted by molar-refractivity contribution is 7.92. The summed E-state index contributed by atoms with van der Waals surface area (Å²) < 4.78 is 26.1. The lowest BCUT2D eigenvalue weighted by molar-refractivity contribution is -0.116. The van der Waals surface area contributed by atoms with Crippen molar-refractivity contribution in [2.24, 2.45) is 0 Å². The minimum Gasteiger partial charge on any atom is -0.324 e. The molecule has 7 nitrogen and oxygen atoms in total. The molecule has 0 aromatic heterocycles. The molecule has 0 heterocycles. The number of carbonyl (C=O) groups excluding carboxylic acids is 2. The van der Waals surface area contributed by atoms with Gasteiger partial charge in [0.05, 0.1) is 17.0 Å². The fraction of sp³-hybridized carbons (Fsp3) is 0.259. The molecule has 2 amide bonds. The molecule has 3 aromatic carbocycles. The van der Waals surface area contributed by atoms with Gasteiger partial charge in [-0.05, 0) is 66.4 Å². The number of anilines is 3. The van der Waals surface area contributed by atoms with Crippen molar-refractivity contribution in [1.82, 2.24) is 0 Å². The van der Waals surface area contributed by atoms with E-state index in [0.29, 0.717) is 16.9 Å². The first kappa shape index (κ1) is 28.5. The second-order valence-electron chi connectivity index (χ2n) is 9.68. The van der Waals surface area contributed by atoms with E-state index in [4.69, 9.17) is 23.2 Å². The summed E-state index contributed by atoms with van der Waals surface area (Å²) >= 11 is 12.3. The average Bonchev–Trinajstić information content (AvgIpc) is 2.80. The summed E-state index contributed by atoms with van der Waals surface area (Å²) in [6.07, 6.45) is 0.984. The molecule has 0 aliphatic rings. The molecular formula is C27H29Cl2N3O4S. The van der Waals surface area contributed by atoms with Crippen LogP contribution in [-0.4, -0.2) is 32.5 Å². The summed E-state index contributed by atoms with van der Waals surface area (Å²) in [7, 11) is -3.89. The Labute approximate surface area is 227 Å². The van der Waals surface area contributed by atoms with Crippen LogP contribution in [0.3, 0.4) is 0 Å². The van der Waals surface area contributed by atoms with Crippen molar-refractivity contribution in [2.75, 3.05) is 21.2 Å². The van der Waals surface area contributed by atoms with Crippen LogP contribution in [0.15, 0.2) is 66.7 Å². The van der Waals surface area contributed by atoms with E-state index in [0.717, 1.165) is 16.1 Å². The monoisotopic (exact) mass is 561 g/mol. The molecule has 3 rings (SSSR count). The van der Waals surface area contributed by atoms with Crippen LogP contribution in [0.5, 0.6) is 0 Å². The van der Waals surface area contributed by atoms with Crippen LogP contribution < -0.4 is 14.9 Å². The molecule has 2 N–H and O–H groups in total. The molecular weight excluding hydrogens is 533 g/mol. The molecule has 10 heteroatoms. The van der Waals surface area contributed by atoms with Gasteiger partial charge in [-0.3, -0.25) is 13.9 Å². The van der Waals surface area contributed by atoms with Crippen molar-refractivity contribution < 1.29 is 18.0 Å². The molecule has 3 aromatic rings. The first-order chi connectivity index (χ1) is 17.2. The van der Waals surface area contributed by atoms with Crippen molar-refractivity contribution in [3.8, 4) is 0 Å². The van der Waals surface area contributed by atoms with Crippen molar-refractivity contribution in [2.45, 2.75) is 39.2 Å². The topological polar surface area (TPSA) is 95.6 Å². The number of halogens is 2. The van der Waals surface area contributed by atoms with Crippen molar-refractivity contribution in [3.05, 3.63) is 87.9 Å². The molecule has 0 fully saturated rings. The van der Waals surface area contributed by atoms with Gasteiger partial charge < -0.3 is 10.6 Å². The van der Waals surface area contributed by atoms with Gasteiger partial charge >= 0.3 is 0 Å². The number of amides is 2. The van der Waals surface area contributed by atoms with Crippen molar-refractivity contribution >= 4 is 62.1 Å². The number of hydrogen-bond acceptors (Lipinski definition) is 4. The highest BCUT2D eigenvalue weighted by atomic mass is 35.5. The van der Waals surface area contributed by atoms with Crippen molar-refractivity contribution in [1.29, 1.82) is 0 Å². The predicted octanol–water partition coefficient (Wildman–Crippen LogP) is 6.34.